The molecule has 0 radical (unpaired) electrons. The summed E-state index contributed by atoms with van der Waals surface area (Å²) >= 11 is 0. The highest BCUT2D eigenvalue weighted by molar-refractivity contribution is 5.90. The van der Waals surface area contributed by atoms with Gasteiger partial charge >= 0.3 is 0 Å². The number of carbonyl (C=O) groups is 1. The van der Waals surface area contributed by atoms with Crippen LogP contribution in [0, 0.1) is 5.92 Å². The van der Waals surface area contributed by atoms with Gasteiger partial charge in [-0.05, 0) is 49.7 Å². The van der Waals surface area contributed by atoms with E-state index in [0.29, 0.717) is 12.3 Å². The molecule has 1 aromatic heterocycles. The first-order valence-corrected chi connectivity index (χ1v) is 6.77. The minimum atomic E-state index is 0.0761. The van der Waals surface area contributed by atoms with Gasteiger partial charge in [-0.25, -0.2) is 9.67 Å². The number of aromatic nitrogens is 3. The van der Waals surface area contributed by atoms with Gasteiger partial charge in [0.2, 0.25) is 5.91 Å². The highest BCUT2D eigenvalue weighted by Gasteiger charge is 2.17. The van der Waals surface area contributed by atoms with Gasteiger partial charge in [0.15, 0.2) is 0 Å². The lowest BCUT2D eigenvalue weighted by atomic mass is 10.0. The molecule has 0 bridgehead atoms. The molecule has 1 aliphatic rings. The molecule has 1 unspecified atom stereocenters. The van der Waals surface area contributed by atoms with E-state index in [-0.39, 0.29) is 5.91 Å². The zero-order valence-corrected chi connectivity index (χ0v) is 11.1. The quantitative estimate of drug-likeness (QED) is 0.876. The van der Waals surface area contributed by atoms with Gasteiger partial charge < -0.3 is 10.6 Å². The predicted octanol–water partition coefficient (Wildman–Crippen LogP) is 1.21. The van der Waals surface area contributed by atoms with Crippen LogP contribution in [-0.2, 0) is 4.79 Å². The Kier molecular flexibility index (Phi) is 3.73. The van der Waals surface area contributed by atoms with Gasteiger partial charge in [0.05, 0.1) is 5.69 Å². The van der Waals surface area contributed by atoms with Crippen molar-refractivity contribution in [1.82, 2.24) is 20.1 Å². The largest absolute Gasteiger partial charge is 0.326 e. The minimum Gasteiger partial charge on any atom is -0.326 e. The molecule has 104 valence electrons. The molecule has 0 saturated carbocycles. The molecule has 0 aliphatic carbocycles. The summed E-state index contributed by atoms with van der Waals surface area (Å²) in [5, 5.41) is 10.3. The van der Waals surface area contributed by atoms with E-state index in [9.17, 15) is 4.79 Å². The summed E-state index contributed by atoms with van der Waals surface area (Å²) in [6.07, 6.45) is 4.79. The highest BCUT2D eigenvalue weighted by atomic mass is 16.1. The third-order valence-corrected chi connectivity index (χ3v) is 3.47. The maximum absolute atomic E-state index is 11.9. The number of benzene rings is 1. The number of rotatable bonds is 4. The molecule has 20 heavy (non-hydrogen) atoms. The Bertz CT molecular complexity index is 558. The Morgan fingerprint density at radius 2 is 2.25 bits per heavy atom. The minimum absolute atomic E-state index is 0.0761. The van der Waals surface area contributed by atoms with Crippen molar-refractivity contribution in [3.05, 3.63) is 36.9 Å². The molecular weight excluding hydrogens is 254 g/mol. The molecule has 1 fully saturated rings. The van der Waals surface area contributed by atoms with Crippen molar-refractivity contribution in [2.75, 3.05) is 18.4 Å². The second kappa shape index (κ2) is 5.83. The molecule has 3 rings (SSSR count). The number of anilines is 1. The van der Waals surface area contributed by atoms with E-state index < -0.39 is 0 Å². The number of nitrogens with one attached hydrogen (secondary N) is 2. The molecule has 0 spiro atoms. The van der Waals surface area contributed by atoms with Crippen LogP contribution in [0.15, 0.2) is 36.9 Å². The molecule has 1 aliphatic heterocycles. The van der Waals surface area contributed by atoms with E-state index in [4.69, 9.17) is 0 Å². The summed E-state index contributed by atoms with van der Waals surface area (Å²) in [6, 6.07) is 7.56. The number of carbonyl (C=O) groups excluding carboxylic acids is 1. The van der Waals surface area contributed by atoms with Crippen molar-refractivity contribution in [3.8, 4) is 5.69 Å². The van der Waals surface area contributed by atoms with Gasteiger partial charge in [-0.3, -0.25) is 4.79 Å². The fourth-order valence-corrected chi connectivity index (χ4v) is 2.40. The lowest BCUT2D eigenvalue weighted by Gasteiger charge is -2.09. The second-order valence-corrected chi connectivity index (χ2v) is 5.00. The van der Waals surface area contributed by atoms with Crippen LogP contribution >= 0.6 is 0 Å². The van der Waals surface area contributed by atoms with E-state index in [1.807, 2.05) is 24.3 Å². The van der Waals surface area contributed by atoms with Crippen LogP contribution in [0.5, 0.6) is 0 Å². The van der Waals surface area contributed by atoms with Crippen molar-refractivity contribution < 1.29 is 4.79 Å². The molecule has 1 saturated heterocycles. The first-order valence-electron chi connectivity index (χ1n) is 6.77. The predicted molar refractivity (Wildman–Crippen MR) is 75.6 cm³/mol. The standard InChI is InChI=1S/C14H17N5O/c20-14(7-11-5-6-15-8-11)18-12-1-3-13(4-2-12)19-10-16-9-17-19/h1-4,9-11,15H,5-8H2,(H,18,20). The van der Waals surface area contributed by atoms with Crippen LogP contribution in [0.25, 0.3) is 5.69 Å². The summed E-state index contributed by atoms with van der Waals surface area (Å²) in [4.78, 5) is 15.8. The Balaban J connectivity index is 1.59. The van der Waals surface area contributed by atoms with Crippen LogP contribution in [0.3, 0.4) is 0 Å². The fourth-order valence-electron chi connectivity index (χ4n) is 2.40. The van der Waals surface area contributed by atoms with Gasteiger partial charge in [-0.1, -0.05) is 0 Å². The normalized spacial score (nSPS) is 18.1. The highest BCUT2D eigenvalue weighted by Crippen LogP contribution is 2.15. The van der Waals surface area contributed by atoms with Gasteiger partial charge in [-0.2, -0.15) is 5.10 Å². The molecule has 1 amide bonds. The molecule has 6 nitrogen and oxygen atoms in total. The smallest absolute Gasteiger partial charge is 0.224 e. The topological polar surface area (TPSA) is 71.8 Å². The van der Waals surface area contributed by atoms with Gasteiger partial charge in [0.25, 0.3) is 0 Å². The lowest BCUT2D eigenvalue weighted by molar-refractivity contribution is -0.116. The van der Waals surface area contributed by atoms with Crippen LogP contribution in [0.4, 0.5) is 5.69 Å². The van der Waals surface area contributed by atoms with Crippen molar-refractivity contribution in [3.63, 3.8) is 0 Å². The molecule has 1 atom stereocenters. The van der Waals surface area contributed by atoms with Crippen molar-refractivity contribution >= 4 is 11.6 Å². The third-order valence-electron chi connectivity index (χ3n) is 3.47. The fraction of sp³-hybridized carbons (Fsp3) is 0.357. The van der Waals surface area contributed by atoms with Crippen LogP contribution in [0.2, 0.25) is 0 Å². The molecule has 1 aromatic carbocycles. The van der Waals surface area contributed by atoms with Crippen molar-refractivity contribution in [1.29, 1.82) is 0 Å². The average Bonchev–Trinajstić information content (AvgIpc) is 3.12. The van der Waals surface area contributed by atoms with E-state index in [0.717, 1.165) is 30.9 Å². The first-order chi connectivity index (χ1) is 9.81. The third kappa shape index (κ3) is 3.03. The number of hydrogen-bond acceptors (Lipinski definition) is 4. The molecule has 2 N–H and O–H groups in total. The Hall–Kier alpha value is -2.21. The van der Waals surface area contributed by atoms with Gasteiger partial charge in [-0.15, -0.1) is 0 Å². The maximum Gasteiger partial charge on any atom is 0.224 e. The van der Waals surface area contributed by atoms with E-state index in [1.165, 1.54) is 6.33 Å². The summed E-state index contributed by atoms with van der Waals surface area (Å²) in [5.41, 5.74) is 1.73. The van der Waals surface area contributed by atoms with Gasteiger partial charge in [0.1, 0.15) is 12.7 Å². The number of amides is 1. The second-order valence-electron chi connectivity index (χ2n) is 5.00. The molecule has 2 heterocycles. The zero-order valence-electron chi connectivity index (χ0n) is 11.1. The zero-order chi connectivity index (χ0) is 13.8. The molecule has 6 heteroatoms. The summed E-state index contributed by atoms with van der Waals surface area (Å²) in [6.45, 7) is 1.96. The van der Waals surface area contributed by atoms with Crippen LogP contribution in [0.1, 0.15) is 12.8 Å². The van der Waals surface area contributed by atoms with Crippen molar-refractivity contribution in [2.45, 2.75) is 12.8 Å². The SMILES string of the molecule is O=C(CC1CCNC1)Nc1ccc(-n2cncn2)cc1. The lowest BCUT2D eigenvalue weighted by Crippen LogP contribution is -2.18. The Morgan fingerprint density at radius 1 is 1.40 bits per heavy atom. The summed E-state index contributed by atoms with van der Waals surface area (Å²) < 4.78 is 1.68. The van der Waals surface area contributed by atoms with Crippen LogP contribution in [-0.4, -0.2) is 33.8 Å². The average molecular weight is 271 g/mol. The van der Waals surface area contributed by atoms with E-state index in [2.05, 4.69) is 20.7 Å². The first kappa shape index (κ1) is 12.8. The summed E-state index contributed by atoms with van der Waals surface area (Å²) in [5.74, 6) is 0.539. The monoisotopic (exact) mass is 271 g/mol. The van der Waals surface area contributed by atoms with Crippen LogP contribution < -0.4 is 10.6 Å². The number of hydrogen-bond donors (Lipinski definition) is 2. The Morgan fingerprint density at radius 3 is 2.90 bits per heavy atom. The van der Waals surface area contributed by atoms with Gasteiger partial charge in [0, 0.05) is 12.1 Å². The van der Waals surface area contributed by atoms with E-state index >= 15 is 0 Å². The van der Waals surface area contributed by atoms with E-state index in [1.54, 1.807) is 11.0 Å². The number of nitrogens with zero attached hydrogens (tertiary/aromatic N) is 3. The Labute approximate surface area is 117 Å². The maximum atomic E-state index is 11.9. The summed E-state index contributed by atoms with van der Waals surface area (Å²) in [7, 11) is 0. The molecular formula is C14H17N5O. The molecule has 2 aromatic rings. The van der Waals surface area contributed by atoms with Crippen molar-refractivity contribution in [2.24, 2.45) is 5.92 Å².